The average Bonchev–Trinajstić information content (AvgIpc) is 2.60. The van der Waals surface area contributed by atoms with Crippen molar-refractivity contribution in [3.63, 3.8) is 0 Å². The fraction of sp³-hybridized carbons (Fsp3) is 1.00. The van der Waals surface area contributed by atoms with E-state index >= 15 is 0 Å². The standard InChI is InChI=1S/C12H24N2S/c1-9-6-13-7-12(9)8-14-4-5-15-11(3)10(14)2/h9-13H,4-8H2,1-3H3. The molecule has 15 heavy (non-hydrogen) atoms. The van der Waals surface area contributed by atoms with E-state index in [-0.39, 0.29) is 0 Å². The molecule has 3 heteroatoms. The second-order valence-electron chi connectivity index (χ2n) is 5.21. The molecule has 0 spiro atoms. The van der Waals surface area contributed by atoms with E-state index < -0.39 is 0 Å². The first-order valence-corrected chi connectivity index (χ1v) is 7.29. The third kappa shape index (κ3) is 2.69. The Hall–Kier alpha value is 0.270. The lowest BCUT2D eigenvalue weighted by Crippen LogP contribution is -2.47. The van der Waals surface area contributed by atoms with Crippen LogP contribution in [0.4, 0.5) is 0 Å². The Labute approximate surface area is 98.2 Å². The maximum Gasteiger partial charge on any atom is 0.0184 e. The summed E-state index contributed by atoms with van der Waals surface area (Å²) in [5.74, 6) is 3.06. The van der Waals surface area contributed by atoms with Crippen LogP contribution in [-0.2, 0) is 0 Å². The van der Waals surface area contributed by atoms with Crippen molar-refractivity contribution < 1.29 is 0 Å². The number of thioether (sulfide) groups is 1. The molecule has 2 saturated heterocycles. The SMILES string of the molecule is CC1CNCC1CN1CCSC(C)C1C. The minimum absolute atomic E-state index is 0.761. The molecule has 0 bridgehead atoms. The van der Waals surface area contributed by atoms with Crippen molar-refractivity contribution in [2.45, 2.75) is 32.1 Å². The van der Waals surface area contributed by atoms with E-state index in [1.165, 1.54) is 31.9 Å². The lowest BCUT2D eigenvalue weighted by Gasteiger charge is -2.39. The van der Waals surface area contributed by atoms with Crippen molar-refractivity contribution in [2.24, 2.45) is 11.8 Å². The van der Waals surface area contributed by atoms with E-state index in [2.05, 4.69) is 42.7 Å². The number of hydrogen-bond donors (Lipinski definition) is 1. The van der Waals surface area contributed by atoms with Crippen LogP contribution in [0, 0.1) is 11.8 Å². The Bertz CT molecular complexity index is 210. The monoisotopic (exact) mass is 228 g/mol. The molecule has 2 nitrogen and oxygen atoms in total. The van der Waals surface area contributed by atoms with Crippen molar-refractivity contribution in [1.29, 1.82) is 0 Å². The molecule has 0 saturated carbocycles. The van der Waals surface area contributed by atoms with E-state index in [0.717, 1.165) is 23.1 Å². The third-order valence-corrected chi connectivity index (χ3v) is 5.50. The summed E-state index contributed by atoms with van der Waals surface area (Å²) in [5.41, 5.74) is 0. The highest BCUT2D eigenvalue weighted by Crippen LogP contribution is 2.26. The molecule has 4 atom stereocenters. The maximum atomic E-state index is 3.51. The topological polar surface area (TPSA) is 15.3 Å². The highest BCUT2D eigenvalue weighted by Gasteiger charge is 2.30. The van der Waals surface area contributed by atoms with Gasteiger partial charge in [-0.1, -0.05) is 13.8 Å². The summed E-state index contributed by atoms with van der Waals surface area (Å²) >= 11 is 2.13. The molecule has 0 aromatic rings. The van der Waals surface area contributed by atoms with Crippen molar-refractivity contribution in [3.05, 3.63) is 0 Å². The molecule has 2 fully saturated rings. The van der Waals surface area contributed by atoms with Gasteiger partial charge in [0.1, 0.15) is 0 Å². The van der Waals surface area contributed by atoms with Gasteiger partial charge in [0.25, 0.3) is 0 Å². The van der Waals surface area contributed by atoms with Crippen molar-refractivity contribution in [1.82, 2.24) is 10.2 Å². The fourth-order valence-electron chi connectivity index (χ4n) is 2.66. The zero-order valence-corrected chi connectivity index (χ0v) is 11.0. The average molecular weight is 228 g/mol. The highest BCUT2D eigenvalue weighted by molar-refractivity contribution is 8.00. The van der Waals surface area contributed by atoms with Crippen LogP contribution in [-0.4, -0.2) is 48.1 Å². The van der Waals surface area contributed by atoms with Gasteiger partial charge in [-0.05, 0) is 31.8 Å². The molecule has 0 aromatic heterocycles. The first-order chi connectivity index (χ1) is 7.18. The molecule has 1 N–H and O–H groups in total. The van der Waals surface area contributed by atoms with Crippen LogP contribution in [0.3, 0.4) is 0 Å². The lowest BCUT2D eigenvalue weighted by atomic mass is 9.97. The molecular weight excluding hydrogens is 204 g/mol. The van der Waals surface area contributed by atoms with E-state index in [1.807, 2.05) is 0 Å². The Morgan fingerprint density at radius 3 is 2.73 bits per heavy atom. The molecule has 88 valence electrons. The normalized spacial score (nSPS) is 43.4. The molecule has 0 amide bonds. The first-order valence-electron chi connectivity index (χ1n) is 6.25. The molecular formula is C12H24N2S. The van der Waals surface area contributed by atoms with E-state index in [0.29, 0.717) is 0 Å². The maximum absolute atomic E-state index is 3.51. The minimum atomic E-state index is 0.761. The van der Waals surface area contributed by atoms with Gasteiger partial charge in [0.2, 0.25) is 0 Å². The second kappa shape index (κ2) is 5.07. The Morgan fingerprint density at radius 2 is 2.07 bits per heavy atom. The summed E-state index contributed by atoms with van der Waals surface area (Å²) in [6, 6.07) is 0.761. The van der Waals surface area contributed by atoms with E-state index in [4.69, 9.17) is 0 Å². The minimum Gasteiger partial charge on any atom is -0.316 e. The zero-order chi connectivity index (χ0) is 10.8. The van der Waals surface area contributed by atoms with Crippen molar-refractivity contribution in [3.8, 4) is 0 Å². The summed E-state index contributed by atoms with van der Waals surface area (Å²) in [7, 11) is 0. The van der Waals surface area contributed by atoms with Crippen LogP contribution in [0.25, 0.3) is 0 Å². The smallest absolute Gasteiger partial charge is 0.0184 e. The van der Waals surface area contributed by atoms with Crippen molar-refractivity contribution in [2.75, 3.05) is 31.9 Å². The molecule has 0 aliphatic carbocycles. The van der Waals surface area contributed by atoms with Crippen LogP contribution in [0.2, 0.25) is 0 Å². The number of nitrogens with one attached hydrogen (secondary N) is 1. The predicted molar refractivity (Wildman–Crippen MR) is 68.5 cm³/mol. The molecule has 0 aromatic carbocycles. The predicted octanol–water partition coefficient (Wildman–Crippen LogP) is 1.67. The summed E-state index contributed by atoms with van der Waals surface area (Å²) in [4.78, 5) is 2.70. The summed E-state index contributed by atoms with van der Waals surface area (Å²) in [5, 5.41) is 4.31. The van der Waals surface area contributed by atoms with Gasteiger partial charge in [-0.3, -0.25) is 4.90 Å². The Kier molecular flexibility index (Phi) is 3.97. The quantitative estimate of drug-likeness (QED) is 0.774. The third-order valence-electron chi connectivity index (χ3n) is 4.16. The van der Waals surface area contributed by atoms with Gasteiger partial charge >= 0.3 is 0 Å². The van der Waals surface area contributed by atoms with Gasteiger partial charge in [-0.15, -0.1) is 0 Å². The number of rotatable bonds is 2. The molecule has 2 rings (SSSR count). The second-order valence-corrected chi connectivity index (χ2v) is 6.69. The van der Waals surface area contributed by atoms with Crippen LogP contribution < -0.4 is 5.32 Å². The van der Waals surface area contributed by atoms with Crippen LogP contribution in [0.1, 0.15) is 20.8 Å². The number of hydrogen-bond acceptors (Lipinski definition) is 3. The summed E-state index contributed by atoms with van der Waals surface area (Å²) < 4.78 is 0. The molecule has 4 unspecified atom stereocenters. The van der Waals surface area contributed by atoms with Gasteiger partial charge < -0.3 is 5.32 Å². The number of nitrogens with zero attached hydrogens (tertiary/aromatic N) is 1. The van der Waals surface area contributed by atoms with Gasteiger partial charge in [-0.25, -0.2) is 0 Å². The van der Waals surface area contributed by atoms with Gasteiger partial charge in [-0.2, -0.15) is 11.8 Å². The van der Waals surface area contributed by atoms with Gasteiger partial charge in [0.15, 0.2) is 0 Å². The molecule has 0 radical (unpaired) electrons. The van der Waals surface area contributed by atoms with Crippen LogP contribution >= 0.6 is 11.8 Å². The van der Waals surface area contributed by atoms with E-state index in [9.17, 15) is 0 Å². The summed E-state index contributed by atoms with van der Waals surface area (Å²) in [6.45, 7) is 12.2. The van der Waals surface area contributed by atoms with Gasteiger partial charge in [0, 0.05) is 30.1 Å². The largest absolute Gasteiger partial charge is 0.316 e. The lowest BCUT2D eigenvalue weighted by molar-refractivity contribution is 0.172. The van der Waals surface area contributed by atoms with Crippen LogP contribution in [0.15, 0.2) is 0 Å². The van der Waals surface area contributed by atoms with Crippen LogP contribution in [0.5, 0.6) is 0 Å². The summed E-state index contributed by atoms with van der Waals surface area (Å²) in [6.07, 6.45) is 0. The molecule has 2 heterocycles. The van der Waals surface area contributed by atoms with E-state index in [1.54, 1.807) is 0 Å². The zero-order valence-electron chi connectivity index (χ0n) is 10.2. The fourth-order valence-corrected chi connectivity index (χ4v) is 3.83. The molecule has 2 aliphatic rings. The Morgan fingerprint density at radius 1 is 1.27 bits per heavy atom. The first kappa shape index (κ1) is 11.7. The van der Waals surface area contributed by atoms with Crippen molar-refractivity contribution >= 4 is 11.8 Å². The Balaban J connectivity index is 1.87. The van der Waals surface area contributed by atoms with Gasteiger partial charge in [0.05, 0.1) is 0 Å². The molecule has 2 aliphatic heterocycles. The highest BCUT2D eigenvalue weighted by atomic mass is 32.2.